The number of ketones is 1. The molecule has 0 spiro atoms. The van der Waals surface area contributed by atoms with E-state index in [1.54, 1.807) is 30.3 Å². The van der Waals surface area contributed by atoms with Crippen LogP contribution in [0.5, 0.6) is 11.5 Å². The van der Waals surface area contributed by atoms with E-state index in [0.29, 0.717) is 51.0 Å². The summed E-state index contributed by atoms with van der Waals surface area (Å²) in [7, 11) is 0. The van der Waals surface area contributed by atoms with Gasteiger partial charge in [0.25, 0.3) is 0 Å². The van der Waals surface area contributed by atoms with Crippen LogP contribution in [0.25, 0.3) is 0 Å². The third kappa shape index (κ3) is 2.71. The van der Waals surface area contributed by atoms with Crippen LogP contribution >= 0.6 is 27.5 Å². The van der Waals surface area contributed by atoms with E-state index < -0.39 is 0 Å². The minimum absolute atomic E-state index is 0.226. The molecule has 0 bridgehead atoms. The number of rotatable bonds is 2. The number of anilines is 1. The summed E-state index contributed by atoms with van der Waals surface area (Å²) >= 11 is 9.47. The van der Waals surface area contributed by atoms with Crippen molar-refractivity contribution in [1.82, 2.24) is 0 Å². The van der Waals surface area contributed by atoms with Gasteiger partial charge in [-0.05, 0) is 46.3 Å². The summed E-state index contributed by atoms with van der Waals surface area (Å²) in [5.41, 5.74) is 7.01. The molecule has 0 aromatic heterocycles. The Morgan fingerprint density at radius 3 is 2.48 bits per heavy atom. The van der Waals surface area contributed by atoms with Crippen LogP contribution in [0.15, 0.2) is 34.8 Å². The molecule has 1 aliphatic heterocycles. The van der Waals surface area contributed by atoms with E-state index in [4.69, 9.17) is 26.8 Å². The van der Waals surface area contributed by atoms with Crippen molar-refractivity contribution in [3.8, 4) is 11.5 Å². The van der Waals surface area contributed by atoms with Crippen molar-refractivity contribution in [3.05, 3.63) is 51.0 Å². The highest BCUT2D eigenvalue weighted by atomic mass is 79.9. The molecule has 21 heavy (non-hydrogen) atoms. The van der Waals surface area contributed by atoms with E-state index >= 15 is 0 Å². The Hall–Kier alpha value is -1.72. The zero-order valence-electron chi connectivity index (χ0n) is 10.9. The third-order valence-electron chi connectivity index (χ3n) is 3.11. The molecule has 0 unspecified atom stereocenters. The number of benzene rings is 2. The van der Waals surface area contributed by atoms with Gasteiger partial charge in [-0.2, -0.15) is 0 Å². The highest BCUT2D eigenvalue weighted by molar-refractivity contribution is 9.10. The average Bonchev–Trinajstić information content (AvgIpc) is 2.48. The van der Waals surface area contributed by atoms with Gasteiger partial charge in [0.2, 0.25) is 0 Å². The van der Waals surface area contributed by atoms with E-state index in [0.717, 1.165) is 0 Å². The van der Waals surface area contributed by atoms with Crippen LogP contribution < -0.4 is 15.2 Å². The Morgan fingerprint density at radius 1 is 1.10 bits per heavy atom. The van der Waals surface area contributed by atoms with Gasteiger partial charge in [0.15, 0.2) is 17.3 Å². The largest absolute Gasteiger partial charge is 0.486 e. The molecule has 4 nitrogen and oxygen atoms in total. The fourth-order valence-electron chi connectivity index (χ4n) is 2.10. The number of nitrogens with two attached hydrogens (primary N) is 1. The van der Waals surface area contributed by atoms with Crippen molar-refractivity contribution in [2.24, 2.45) is 0 Å². The first-order valence-corrected chi connectivity index (χ1v) is 7.42. The zero-order valence-corrected chi connectivity index (χ0v) is 13.2. The zero-order chi connectivity index (χ0) is 15.0. The number of hydrogen-bond donors (Lipinski definition) is 1. The molecule has 1 aliphatic rings. The van der Waals surface area contributed by atoms with Crippen molar-refractivity contribution in [1.29, 1.82) is 0 Å². The monoisotopic (exact) mass is 367 g/mol. The van der Waals surface area contributed by atoms with Gasteiger partial charge in [-0.1, -0.05) is 11.6 Å². The Balaban J connectivity index is 2.07. The predicted octanol–water partition coefficient (Wildman–Crippen LogP) is 3.69. The fourth-order valence-corrected chi connectivity index (χ4v) is 2.81. The molecular formula is C15H11BrClNO3. The number of ether oxygens (including phenoxy) is 2. The van der Waals surface area contributed by atoms with Crippen molar-refractivity contribution < 1.29 is 14.3 Å². The topological polar surface area (TPSA) is 61.6 Å². The third-order valence-corrected chi connectivity index (χ3v) is 4.10. The van der Waals surface area contributed by atoms with E-state index in [9.17, 15) is 4.79 Å². The molecule has 0 amide bonds. The lowest BCUT2D eigenvalue weighted by Gasteiger charge is -2.19. The second-order valence-corrected chi connectivity index (χ2v) is 5.81. The molecule has 3 rings (SSSR count). The lowest BCUT2D eigenvalue weighted by Crippen LogP contribution is -2.16. The van der Waals surface area contributed by atoms with Gasteiger partial charge < -0.3 is 15.2 Å². The summed E-state index contributed by atoms with van der Waals surface area (Å²) in [6.45, 7) is 0.953. The Kier molecular flexibility index (Phi) is 3.78. The SMILES string of the molecule is Nc1ccc(Cl)c(C(=O)c2cc3c(cc2Br)OCCO3)c1. The second kappa shape index (κ2) is 5.58. The predicted molar refractivity (Wildman–Crippen MR) is 84.4 cm³/mol. The van der Waals surface area contributed by atoms with Crippen LogP contribution in [-0.4, -0.2) is 19.0 Å². The molecule has 0 saturated carbocycles. The average molecular weight is 369 g/mol. The number of fused-ring (bicyclic) bond motifs is 1. The van der Waals surface area contributed by atoms with Gasteiger partial charge in [-0.3, -0.25) is 4.79 Å². The van der Waals surface area contributed by atoms with Gasteiger partial charge in [0.05, 0.1) is 5.02 Å². The van der Waals surface area contributed by atoms with Gasteiger partial charge in [-0.15, -0.1) is 0 Å². The van der Waals surface area contributed by atoms with Crippen molar-refractivity contribution >= 4 is 39.0 Å². The van der Waals surface area contributed by atoms with Crippen LogP contribution in [0.3, 0.4) is 0 Å². The van der Waals surface area contributed by atoms with Crippen molar-refractivity contribution in [2.75, 3.05) is 18.9 Å². The first kappa shape index (κ1) is 14.2. The molecule has 0 fully saturated rings. The lowest BCUT2D eigenvalue weighted by atomic mass is 10.0. The summed E-state index contributed by atoms with van der Waals surface area (Å²) in [6.07, 6.45) is 0. The van der Waals surface area contributed by atoms with E-state index in [1.807, 2.05) is 0 Å². The Morgan fingerprint density at radius 2 is 1.76 bits per heavy atom. The minimum Gasteiger partial charge on any atom is -0.486 e. The van der Waals surface area contributed by atoms with E-state index in [-0.39, 0.29) is 5.78 Å². The van der Waals surface area contributed by atoms with Crippen LogP contribution in [0, 0.1) is 0 Å². The number of carbonyl (C=O) groups excluding carboxylic acids is 1. The number of halogens is 2. The molecule has 1 heterocycles. The Bertz CT molecular complexity index is 733. The molecule has 6 heteroatoms. The van der Waals surface area contributed by atoms with Crippen LogP contribution in [0.4, 0.5) is 5.69 Å². The number of nitrogen functional groups attached to an aromatic ring is 1. The van der Waals surface area contributed by atoms with Crippen LogP contribution in [-0.2, 0) is 0 Å². The number of carbonyl (C=O) groups is 1. The highest BCUT2D eigenvalue weighted by Gasteiger charge is 2.21. The first-order valence-electron chi connectivity index (χ1n) is 6.25. The molecule has 0 aliphatic carbocycles. The van der Waals surface area contributed by atoms with Gasteiger partial charge >= 0.3 is 0 Å². The van der Waals surface area contributed by atoms with Crippen molar-refractivity contribution in [2.45, 2.75) is 0 Å². The smallest absolute Gasteiger partial charge is 0.195 e. The lowest BCUT2D eigenvalue weighted by molar-refractivity contribution is 0.103. The molecule has 0 radical (unpaired) electrons. The normalized spacial score (nSPS) is 13.0. The highest BCUT2D eigenvalue weighted by Crippen LogP contribution is 2.37. The van der Waals surface area contributed by atoms with Crippen LogP contribution in [0.2, 0.25) is 5.02 Å². The number of hydrogen-bond acceptors (Lipinski definition) is 4. The minimum atomic E-state index is -0.226. The van der Waals surface area contributed by atoms with Crippen molar-refractivity contribution in [3.63, 3.8) is 0 Å². The quantitative estimate of drug-likeness (QED) is 0.649. The summed E-state index contributed by atoms with van der Waals surface area (Å²) in [5.74, 6) is 0.937. The molecule has 2 aromatic rings. The Labute approximate surface area is 134 Å². The summed E-state index contributed by atoms with van der Waals surface area (Å²) < 4.78 is 11.6. The molecule has 2 aromatic carbocycles. The summed E-state index contributed by atoms with van der Waals surface area (Å²) in [6, 6.07) is 8.20. The molecular weight excluding hydrogens is 358 g/mol. The second-order valence-electron chi connectivity index (χ2n) is 4.54. The maximum absolute atomic E-state index is 12.7. The van der Waals surface area contributed by atoms with E-state index in [2.05, 4.69) is 15.9 Å². The fraction of sp³-hybridized carbons (Fsp3) is 0.133. The van der Waals surface area contributed by atoms with Crippen LogP contribution in [0.1, 0.15) is 15.9 Å². The maximum Gasteiger partial charge on any atom is 0.195 e. The van der Waals surface area contributed by atoms with E-state index in [1.165, 1.54) is 0 Å². The molecule has 2 N–H and O–H groups in total. The molecule has 108 valence electrons. The van der Waals surface area contributed by atoms with Gasteiger partial charge in [0, 0.05) is 21.3 Å². The summed E-state index contributed by atoms with van der Waals surface area (Å²) in [5, 5.41) is 0.357. The first-order chi connectivity index (χ1) is 10.1. The molecule has 0 atom stereocenters. The summed E-state index contributed by atoms with van der Waals surface area (Å²) in [4.78, 5) is 12.7. The standard InChI is InChI=1S/C15H11BrClNO3/c16-11-7-14-13(20-3-4-21-14)6-9(11)15(19)10-5-8(18)1-2-12(10)17/h1-2,5-7H,3-4,18H2. The molecule has 0 saturated heterocycles. The maximum atomic E-state index is 12.7. The van der Waals surface area contributed by atoms with Gasteiger partial charge in [-0.25, -0.2) is 0 Å². The van der Waals surface area contributed by atoms with Gasteiger partial charge in [0.1, 0.15) is 13.2 Å².